The molecule has 1 aromatic rings. The average Bonchev–Trinajstić information content (AvgIpc) is 3.02. The first-order chi connectivity index (χ1) is 11.4. The lowest BCUT2D eigenvalue weighted by Crippen LogP contribution is -2.38. The van der Waals surface area contributed by atoms with Gasteiger partial charge in [-0.15, -0.1) is 10.2 Å². The van der Waals surface area contributed by atoms with Gasteiger partial charge in [0, 0.05) is 25.6 Å². The number of morpholine rings is 1. The highest BCUT2D eigenvalue weighted by atomic mass is 32.2. The van der Waals surface area contributed by atoms with Crippen LogP contribution in [0.15, 0.2) is 4.34 Å². The van der Waals surface area contributed by atoms with Crippen molar-refractivity contribution in [2.75, 3.05) is 44.7 Å². The second-order valence-electron chi connectivity index (χ2n) is 5.72. The lowest BCUT2D eigenvalue weighted by molar-refractivity contribution is -0.118. The number of amides is 1. The van der Waals surface area contributed by atoms with E-state index in [1.807, 2.05) is 0 Å². The fourth-order valence-corrected chi connectivity index (χ4v) is 4.03. The van der Waals surface area contributed by atoms with E-state index in [9.17, 15) is 13.2 Å². The van der Waals surface area contributed by atoms with Gasteiger partial charge in [-0.25, -0.2) is 13.1 Å². The maximum Gasteiger partial charge on any atom is 0.269 e. The third-order valence-electron chi connectivity index (χ3n) is 3.44. The molecule has 0 aliphatic carbocycles. The number of aromatic nitrogens is 2. The molecule has 24 heavy (non-hydrogen) atoms. The lowest BCUT2D eigenvalue weighted by Gasteiger charge is -2.26. The van der Waals surface area contributed by atoms with Crippen LogP contribution in [-0.4, -0.2) is 68.8 Å². The normalized spacial score (nSPS) is 16.5. The number of nitrogens with zero attached hydrogens (tertiary/aromatic N) is 3. The number of anilines is 1. The van der Waals surface area contributed by atoms with E-state index in [0.29, 0.717) is 13.0 Å². The van der Waals surface area contributed by atoms with Gasteiger partial charge in [0.25, 0.3) is 10.0 Å². The summed E-state index contributed by atoms with van der Waals surface area (Å²) in [6.07, 6.45) is 0.703. The topological polar surface area (TPSA) is 114 Å². The zero-order chi connectivity index (χ0) is 17.6. The van der Waals surface area contributed by atoms with E-state index in [1.165, 1.54) is 0 Å². The largest absolute Gasteiger partial charge is 0.379 e. The summed E-state index contributed by atoms with van der Waals surface area (Å²) in [5.41, 5.74) is 0. The van der Waals surface area contributed by atoms with E-state index in [-0.39, 0.29) is 21.3 Å². The predicted molar refractivity (Wildman–Crippen MR) is 90.4 cm³/mol. The van der Waals surface area contributed by atoms with Gasteiger partial charge in [0.15, 0.2) is 0 Å². The van der Waals surface area contributed by atoms with Crippen molar-refractivity contribution in [2.24, 2.45) is 5.92 Å². The second kappa shape index (κ2) is 8.81. The molecular formula is C13H23N5O4S2. The van der Waals surface area contributed by atoms with Gasteiger partial charge >= 0.3 is 0 Å². The summed E-state index contributed by atoms with van der Waals surface area (Å²) in [6, 6.07) is 0. The molecule has 0 spiro atoms. The minimum absolute atomic E-state index is 0.145. The molecule has 0 bridgehead atoms. The van der Waals surface area contributed by atoms with Crippen molar-refractivity contribution in [3.8, 4) is 0 Å². The van der Waals surface area contributed by atoms with E-state index in [1.54, 1.807) is 13.8 Å². The van der Waals surface area contributed by atoms with Crippen molar-refractivity contribution >= 4 is 32.4 Å². The van der Waals surface area contributed by atoms with Gasteiger partial charge in [-0.05, 0) is 13.0 Å². The number of nitrogens with one attached hydrogen (secondary N) is 2. The van der Waals surface area contributed by atoms with Crippen molar-refractivity contribution in [2.45, 2.75) is 24.6 Å². The van der Waals surface area contributed by atoms with Gasteiger partial charge in [0.05, 0.1) is 13.2 Å². The van der Waals surface area contributed by atoms with Crippen molar-refractivity contribution in [3.63, 3.8) is 0 Å². The fourth-order valence-electron chi connectivity index (χ4n) is 2.01. The average molecular weight is 377 g/mol. The van der Waals surface area contributed by atoms with Crippen molar-refractivity contribution in [3.05, 3.63) is 0 Å². The molecule has 1 aromatic heterocycles. The molecule has 1 fully saturated rings. The molecule has 11 heteroatoms. The quantitative estimate of drug-likeness (QED) is 0.489. The molecule has 136 valence electrons. The van der Waals surface area contributed by atoms with Crippen LogP contribution < -0.4 is 10.0 Å². The number of carbonyl (C=O) groups excluding carboxylic acids is 1. The molecule has 1 saturated heterocycles. The molecule has 2 N–H and O–H groups in total. The summed E-state index contributed by atoms with van der Waals surface area (Å²) >= 11 is 0.840. The predicted octanol–water partition coefficient (Wildman–Crippen LogP) is 0.133. The Kier molecular flexibility index (Phi) is 7.04. The maximum atomic E-state index is 12.2. The monoisotopic (exact) mass is 377 g/mol. The molecule has 9 nitrogen and oxygen atoms in total. The first-order valence-electron chi connectivity index (χ1n) is 7.82. The molecule has 0 radical (unpaired) electrons. The molecule has 1 aliphatic heterocycles. The van der Waals surface area contributed by atoms with Crippen LogP contribution in [-0.2, 0) is 19.6 Å². The third kappa shape index (κ3) is 5.74. The van der Waals surface area contributed by atoms with E-state index in [4.69, 9.17) is 4.74 Å². The molecule has 0 atom stereocenters. The van der Waals surface area contributed by atoms with Crippen molar-refractivity contribution in [1.29, 1.82) is 0 Å². The summed E-state index contributed by atoms with van der Waals surface area (Å²) < 4.78 is 32.0. The fraction of sp³-hybridized carbons (Fsp3) is 0.769. The van der Waals surface area contributed by atoms with Crippen molar-refractivity contribution in [1.82, 2.24) is 19.8 Å². The van der Waals surface area contributed by atoms with Gasteiger partial charge < -0.3 is 10.1 Å². The Bertz CT molecular complexity index is 641. The summed E-state index contributed by atoms with van der Waals surface area (Å²) in [4.78, 5) is 13.8. The van der Waals surface area contributed by atoms with Gasteiger partial charge in [-0.2, -0.15) is 0 Å². The van der Waals surface area contributed by atoms with E-state index >= 15 is 0 Å². The van der Waals surface area contributed by atoms with Gasteiger partial charge in [0.2, 0.25) is 15.4 Å². The molecule has 2 heterocycles. The first-order valence-corrected chi connectivity index (χ1v) is 10.1. The van der Waals surface area contributed by atoms with Crippen LogP contribution in [0.5, 0.6) is 0 Å². The number of hydrogen-bond acceptors (Lipinski definition) is 8. The van der Waals surface area contributed by atoms with Crippen molar-refractivity contribution < 1.29 is 17.9 Å². The van der Waals surface area contributed by atoms with Crippen LogP contribution in [0.2, 0.25) is 0 Å². The van der Waals surface area contributed by atoms with E-state index in [2.05, 4.69) is 25.1 Å². The van der Waals surface area contributed by atoms with Crippen LogP contribution in [0.3, 0.4) is 0 Å². The zero-order valence-corrected chi connectivity index (χ0v) is 15.5. The molecule has 0 saturated carbocycles. The Morgan fingerprint density at radius 1 is 1.33 bits per heavy atom. The Morgan fingerprint density at radius 2 is 2.04 bits per heavy atom. The van der Waals surface area contributed by atoms with Gasteiger partial charge in [0.1, 0.15) is 0 Å². The molecule has 1 aliphatic rings. The SMILES string of the molecule is CC(C)C(=O)Nc1nnc(S(=O)(=O)NCCCN2CCOCC2)s1. The number of sulfonamides is 1. The maximum absolute atomic E-state index is 12.2. The number of rotatable bonds is 8. The summed E-state index contributed by atoms with van der Waals surface area (Å²) in [5.74, 6) is -0.444. The Morgan fingerprint density at radius 3 is 2.71 bits per heavy atom. The summed E-state index contributed by atoms with van der Waals surface area (Å²) in [6.45, 7) is 7.83. The summed E-state index contributed by atoms with van der Waals surface area (Å²) in [7, 11) is -3.70. The Hall–Kier alpha value is -1.14. The van der Waals surface area contributed by atoms with Crippen LogP contribution in [0, 0.1) is 5.92 Å². The second-order valence-corrected chi connectivity index (χ2v) is 8.64. The van der Waals surface area contributed by atoms with E-state index in [0.717, 1.165) is 44.2 Å². The third-order valence-corrected chi connectivity index (χ3v) is 6.10. The van der Waals surface area contributed by atoms with Crippen LogP contribution in [0.4, 0.5) is 5.13 Å². The smallest absolute Gasteiger partial charge is 0.269 e. The first kappa shape index (κ1) is 19.2. The van der Waals surface area contributed by atoms with Gasteiger partial charge in [-0.3, -0.25) is 9.69 Å². The molecule has 1 amide bonds. The highest BCUT2D eigenvalue weighted by Crippen LogP contribution is 2.20. The van der Waals surface area contributed by atoms with Crippen LogP contribution in [0.25, 0.3) is 0 Å². The number of hydrogen-bond donors (Lipinski definition) is 2. The highest BCUT2D eigenvalue weighted by Gasteiger charge is 2.21. The summed E-state index contributed by atoms with van der Waals surface area (Å²) in [5, 5.41) is 10.1. The molecular weight excluding hydrogens is 354 g/mol. The minimum Gasteiger partial charge on any atom is -0.379 e. The number of ether oxygens (including phenoxy) is 1. The Balaban J connectivity index is 1.79. The molecule has 2 rings (SSSR count). The van der Waals surface area contributed by atoms with Crippen LogP contribution >= 0.6 is 11.3 Å². The lowest BCUT2D eigenvalue weighted by atomic mass is 10.2. The molecule has 0 unspecified atom stereocenters. The number of carbonyl (C=O) groups is 1. The standard InChI is InChI=1S/C13H23N5O4S2/c1-10(2)11(19)15-12-16-17-13(23-12)24(20,21)14-4-3-5-18-6-8-22-9-7-18/h10,14H,3-9H2,1-2H3,(H,15,16,19). The highest BCUT2D eigenvalue weighted by molar-refractivity contribution is 7.91. The molecule has 0 aromatic carbocycles. The van der Waals surface area contributed by atoms with E-state index < -0.39 is 10.0 Å². The zero-order valence-electron chi connectivity index (χ0n) is 13.8. The van der Waals surface area contributed by atoms with Crippen LogP contribution in [0.1, 0.15) is 20.3 Å². The van der Waals surface area contributed by atoms with Gasteiger partial charge in [-0.1, -0.05) is 25.2 Å². The Labute approximate surface area is 145 Å². The minimum atomic E-state index is -3.70.